The van der Waals surface area contributed by atoms with Gasteiger partial charge in [0.2, 0.25) is 0 Å². The normalized spacial score (nSPS) is 10.0. The van der Waals surface area contributed by atoms with Crippen LogP contribution in [-0.2, 0) is 6.54 Å². The molecule has 0 aromatic heterocycles. The van der Waals surface area contributed by atoms with Crippen molar-refractivity contribution in [2.45, 2.75) is 13.5 Å². The number of benzene rings is 2. The molecule has 19 heavy (non-hydrogen) atoms. The zero-order valence-corrected chi connectivity index (χ0v) is 10.4. The molecule has 2 rings (SSSR count). The molecule has 0 spiro atoms. The lowest BCUT2D eigenvalue weighted by Crippen LogP contribution is -2.03. The molecular formula is C15H12F2N2. The van der Waals surface area contributed by atoms with Gasteiger partial charge < -0.3 is 5.32 Å². The molecule has 0 heterocycles. The van der Waals surface area contributed by atoms with E-state index in [2.05, 4.69) is 5.32 Å². The van der Waals surface area contributed by atoms with E-state index in [-0.39, 0.29) is 17.9 Å². The molecule has 0 radical (unpaired) electrons. The first-order valence-corrected chi connectivity index (χ1v) is 5.79. The molecule has 96 valence electrons. The highest BCUT2D eigenvalue weighted by Gasteiger charge is 2.07. The van der Waals surface area contributed by atoms with E-state index in [1.54, 1.807) is 37.3 Å². The molecule has 0 aliphatic rings. The Morgan fingerprint density at radius 2 is 2.00 bits per heavy atom. The van der Waals surface area contributed by atoms with Crippen LogP contribution in [0, 0.1) is 29.9 Å². The van der Waals surface area contributed by atoms with Gasteiger partial charge in [0.05, 0.1) is 5.56 Å². The van der Waals surface area contributed by atoms with Crippen molar-refractivity contribution < 1.29 is 8.78 Å². The van der Waals surface area contributed by atoms with Crippen LogP contribution in [0.5, 0.6) is 0 Å². The number of nitriles is 1. The van der Waals surface area contributed by atoms with Gasteiger partial charge >= 0.3 is 0 Å². The number of hydrogen-bond acceptors (Lipinski definition) is 2. The predicted octanol–water partition coefficient (Wildman–Crippen LogP) is 3.76. The van der Waals surface area contributed by atoms with Crippen molar-refractivity contribution in [2.24, 2.45) is 0 Å². The van der Waals surface area contributed by atoms with Gasteiger partial charge in [0.25, 0.3) is 0 Å². The Hall–Kier alpha value is -2.41. The summed E-state index contributed by atoms with van der Waals surface area (Å²) in [7, 11) is 0. The molecule has 0 bridgehead atoms. The van der Waals surface area contributed by atoms with Gasteiger partial charge in [-0.2, -0.15) is 5.26 Å². The van der Waals surface area contributed by atoms with E-state index in [0.29, 0.717) is 16.8 Å². The molecule has 0 saturated heterocycles. The van der Waals surface area contributed by atoms with Crippen LogP contribution < -0.4 is 5.32 Å². The number of nitrogens with zero attached hydrogens (tertiary/aromatic N) is 1. The molecule has 2 aromatic carbocycles. The monoisotopic (exact) mass is 258 g/mol. The minimum absolute atomic E-state index is 0.00869. The molecular weight excluding hydrogens is 246 g/mol. The van der Waals surface area contributed by atoms with Crippen LogP contribution in [-0.4, -0.2) is 0 Å². The molecule has 2 aromatic rings. The maximum atomic E-state index is 13.8. The fraction of sp³-hybridized carbons (Fsp3) is 0.133. The zero-order chi connectivity index (χ0) is 13.8. The van der Waals surface area contributed by atoms with Gasteiger partial charge in [0.15, 0.2) is 0 Å². The first kappa shape index (κ1) is 13.0. The highest BCUT2D eigenvalue weighted by atomic mass is 19.1. The van der Waals surface area contributed by atoms with Crippen molar-refractivity contribution in [2.75, 3.05) is 5.32 Å². The first-order valence-electron chi connectivity index (χ1n) is 5.79. The van der Waals surface area contributed by atoms with Crippen LogP contribution >= 0.6 is 0 Å². The van der Waals surface area contributed by atoms with E-state index in [1.165, 1.54) is 12.1 Å². The van der Waals surface area contributed by atoms with Crippen molar-refractivity contribution in [3.63, 3.8) is 0 Å². The van der Waals surface area contributed by atoms with Gasteiger partial charge in [-0.1, -0.05) is 18.2 Å². The second kappa shape index (κ2) is 5.49. The van der Waals surface area contributed by atoms with Crippen LogP contribution in [0.2, 0.25) is 0 Å². The van der Waals surface area contributed by atoms with E-state index in [9.17, 15) is 8.78 Å². The largest absolute Gasteiger partial charge is 0.381 e. The van der Waals surface area contributed by atoms with Gasteiger partial charge in [0, 0.05) is 17.8 Å². The van der Waals surface area contributed by atoms with Gasteiger partial charge in [-0.3, -0.25) is 0 Å². The van der Waals surface area contributed by atoms with Crippen molar-refractivity contribution >= 4 is 5.69 Å². The Morgan fingerprint density at radius 1 is 1.21 bits per heavy atom. The molecule has 0 amide bonds. The fourth-order valence-electron chi connectivity index (χ4n) is 1.70. The molecule has 4 heteroatoms. The van der Waals surface area contributed by atoms with E-state index in [0.717, 1.165) is 0 Å². The lowest BCUT2D eigenvalue weighted by molar-refractivity contribution is 0.608. The molecule has 0 aliphatic carbocycles. The zero-order valence-electron chi connectivity index (χ0n) is 10.4. The number of anilines is 1. The minimum Gasteiger partial charge on any atom is -0.381 e. The average molecular weight is 258 g/mol. The Bertz CT molecular complexity index is 645. The minimum atomic E-state index is -0.537. The molecule has 0 aliphatic heterocycles. The van der Waals surface area contributed by atoms with Crippen molar-refractivity contribution in [3.05, 3.63) is 64.7 Å². The van der Waals surface area contributed by atoms with Crippen molar-refractivity contribution in [1.82, 2.24) is 0 Å². The highest BCUT2D eigenvalue weighted by molar-refractivity contribution is 5.46. The van der Waals surface area contributed by atoms with E-state index < -0.39 is 5.82 Å². The molecule has 1 N–H and O–H groups in total. The number of hydrogen-bond donors (Lipinski definition) is 1. The topological polar surface area (TPSA) is 35.8 Å². The third-order valence-electron chi connectivity index (χ3n) is 2.85. The Balaban J connectivity index is 2.15. The number of halogens is 2. The average Bonchev–Trinajstić information content (AvgIpc) is 2.41. The smallest absolute Gasteiger partial charge is 0.145 e. The van der Waals surface area contributed by atoms with E-state index >= 15 is 0 Å². The summed E-state index contributed by atoms with van der Waals surface area (Å²) < 4.78 is 27.1. The lowest BCUT2D eigenvalue weighted by Gasteiger charge is -2.09. The maximum absolute atomic E-state index is 13.8. The summed E-state index contributed by atoms with van der Waals surface area (Å²) in [4.78, 5) is 0. The van der Waals surface area contributed by atoms with Crippen molar-refractivity contribution in [3.8, 4) is 6.07 Å². The van der Waals surface area contributed by atoms with Crippen LogP contribution in [0.3, 0.4) is 0 Å². The highest BCUT2D eigenvalue weighted by Crippen LogP contribution is 2.17. The molecule has 2 nitrogen and oxygen atoms in total. The van der Waals surface area contributed by atoms with Gasteiger partial charge in [0.1, 0.15) is 17.7 Å². The summed E-state index contributed by atoms with van der Waals surface area (Å²) in [5.74, 6) is -0.846. The summed E-state index contributed by atoms with van der Waals surface area (Å²) in [6.07, 6.45) is 0. The summed E-state index contributed by atoms with van der Waals surface area (Å²) in [6, 6.07) is 11.2. The molecule has 0 fully saturated rings. The standard InChI is InChI=1S/C15H12F2N2/c1-10-5-6-13(7-14(10)16)19-9-12-4-2-3-11(8-18)15(12)17/h2-7,19H,9H2,1H3. The maximum Gasteiger partial charge on any atom is 0.145 e. The molecule has 0 saturated carbocycles. The Labute approximate surface area is 110 Å². The van der Waals surface area contributed by atoms with Gasteiger partial charge in [-0.15, -0.1) is 0 Å². The number of aryl methyl sites for hydroxylation is 1. The number of nitrogens with one attached hydrogen (secondary N) is 1. The Morgan fingerprint density at radius 3 is 2.68 bits per heavy atom. The van der Waals surface area contributed by atoms with Gasteiger partial charge in [-0.25, -0.2) is 8.78 Å². The number of rotatable bonds is 3. The second-order valence-corrected chi connectivity index (χ2v) is 4.21. The van der Waals surface area contributed by atoms with Crippen LogP contribution in [0.15, 0.2) is 36.4 Å². The third-order valence-corrected chi connectivity index (χ3v) is 2.85. The summed E-state index contributed by atoms with van der Waals surface area (Å²) in [5, 5.41) is 11.7. The van der Waals surface area contributed by atoms with Crippen molar-refractivity contribution in [1.29, 1.82) is 5.26 Å². The molecule has 0 unspecified atom stereocenters. The molecule has 0 atom stereocenters. The van der Waals surface area contributed by atoms with E-state index in [4.69, 9.17) is 5.26 Å². The summed E-state index contributed by atoms with van der Waals surface area (Å²) in [6.45, 7) is 1.87. The van der Waals surface area contributed by atoms with E-state index in [1.807, 2.05) is 0 Å². The summed E-state index contributed by atoms with van der Waals surface area (Å²) in [5.41, 5.74) is 1.52. The second-order valence-electron chi connectivity index (χ2n) is 4.21. The Kier molecular flexibility index (Phi) is 3.76. The van der Waals surface area contributed by atoms with Crippen LogP contribution in [0.4, 0.5) is 14.5 Å². The lowest BCUT2D eigenvalue weighted by atomic mass is 10.1. The fourth-order valence-corrected chi connectivity index (χ4v) is 1.70. The van der Waals surface area contributed by atoms with Crippen LogP contribution in [0.25, 0.3) is 0 Å². The van der Waals surface area contributed by atoms with Gasteiger partial charge in [-0.05, 0) is 30.7 Å². The third kappa shape index (κ3) is 2.89. The summed E-state index contributed by atoms with van der Waals surface area (Å²) >= 11 is 0. The first-order chi connectivity index (χ1) is 9.11. The quantitative estimate of drug-likeness (QED) is 0.909. The predicted molar refractivity (Wildman–Crippen MR) is 69.6 cm³/mol. The SMILES string of the molecule is Cc1ccc(NCc2cccc(C#N)c2F)cc1F. The van der Waals surface area contributed by atoms with Crippen LogP contribution in [0.1, 0.15) is 16.7 Å².